The molecule has 2 heterocycles. The van der Waals surface area contributed by atoms with E-state index in [-0.39, 0.29) is 5.91 Å². The van der Waals surface area contributed by atoms with E-state index in [9.17, 15) is 4.79 Å². The molecule has 2 aromatic rings. The lowest BCUT2D eigenvalue weighted by molar-refractivity contribution is 0.0827. The molecule has 1 fully saturated rings. The number of pyridine rings is 1. The van der Waals surface area contributed by atoms with Crippen LogP contribution in [0.25, 0.3) is 0 Å². The number of amides is 1. The number of rotatable bonds is 5. The van der Waals surface area contributed by atoms with Crippen LogP contribution in [-0.2, 0) is 6.42 Å². The molecule has 1 amide bonds. The molecule has 4 nitrogen and oxygen atoms in total. The van der Waals surface area contributed by atoms with Crippen LogP contribution >= 0.6 is 0 Å². The monoisotopic (exact) mass is 351 g/mol. The highest BCUT2D eigenvalue weighted by Gasteiger charge is 2.20. The summed E-state index contributed by atoms with van der Waals surface area (Å²) in [6, 6.07) is 12.8. The maximum atomic E-state index is 12.0. The minimum Gasteiger partial charge on any atom is -0.357 e. The molecule has 0 radical (unpaired) electrons. The Hall–Kier alpha value is -2.36. The van der Waals surface area contributed by atoms with Gasteiger partial charge in [0.25, 0.3) is 5.91 Å². The van der Waals surface area contributed by atoms with Gasteiger partial charge in [-0.15, -0.1) is 0 Å². The van der Waals surface area contributed by atoms with Gasteiger partial charge in [0.1, 0.15) is 5.82 Å². The van der Waals surface area contributed by atoms with Crippen LogP contribution < -0.4 is 4.90 Å². The van der Waals surface area contributed by atoms with Crippen molar-refractivity contribution in [1.82, 2.24) is 9.88 Å². The molecular formula is C22H29N3O. The van der Waals surface area contributed by atoms with Crippen LogP contribution in [0.2, 0.25) is 0 Å². The third kappa shape index (κ3) is 4.63. The Kier molecular flexibility index (Phi) is 5.92. The fourth-order valence-corrected chi connectivity index (χ4v) is 3.53. The number of piperidine rings is 1. The maximum absolute atomic E-state index is 12.0. The number of carbonyl (C=O) groups is 1. The molecule has 3 rings (SSSR count). The molecule has 138 valence electrons. The first kappa shape index (κ1) is 18.4. The summed E-state index contributed by atoms with van der Waals surface area (Å²) in [7, 11) is 3.52. The van der Waals surface area contributed by atoms with E-state index >= 15 is 0 Å². The van der Waals surface area contributed by atoms with Crippen LogP contribution in [0.1, 0.15) is 40.7 Å². The Morgan fingerprint density at radius 3 is 2.38 bits per heavy atom. The second kappa shape index (κ2) is 8.35. The number of hydrogen-bond donors (Lipinski definition) is 0. The topological polar surface area (TPSA) is 36.4 Å². The number of aromatic nitrogens is 1. The van der Waals surface area contributed by atoms with Gasteiger partial charge in [-0.05, 0) is 56.2 Å². The molecule has 0 atom stereocenters. The smallest absolute Gasteiger partial charge is 0.254 e. The maximum Gasteiger partial charge on any atom is 0.254 e. The van der Waals surface area contributed by atoms with E-state index in [1.165, 1.54) is 36.8 Å². The Labute approximate surface area is 156 Å². The number of anilines is 1. The van der Waals surface area contributed by atoms with E-state index in [1.54, 1.807) is 25.2 Å². The molecule has 1 saturated heterocycles. The first-order valence-electron chi connectivity index (χ1n) is 9.51. The summed E-state index contributed by atoms with van der Waals surface area (Å²) in [4.78, 5) is 20.4. The zero-order chi connectivity index (χ0) is 18.5. The third-order valence-corrected chi connectivity index (χ3v) is 5.30. The Balaban J connectivity index is 1.48. The van der Waals surface area contributed by atoms with E-state index in [2.05, 4.69) is 41.1 Å². The van der Waals surface area contributed by atoms with Crippen molar-refractivity contribution in [3.63, 3.8) is 0 Å². The second-order valence-electron chi connectivity index (χ2n) is 7.56. The summed E-state index contributed by atoms with van der Waals surface area (Å²) in [5.74, 6) is 1.78. The molecule has 0 N–H and O–H groups in total. The minimum absolute atomic E-state index is 0.00105. The highest BCUT2D eigenvalue weighted by Crippen LogP contribution is 2.25. The molecule has 1 aliphatic rings. The normalized spacial score (nSPS) is 15.1. The van der Waals surface area contributed by atoms with Crippen LogP contribution in [0.4, 0.5) is 5.82 Å². The second-order valence-corrected chi connectivity index (χ2v) is 7.56. The number of aryl methyl sites for hydroxylation is 2. The molecule has 0 spiro atoms. The van der Waals surface area contributed by atoms with Crippen LogP contribution in [-0.4, -0.2) is 43.0 Å². The van der Waals surface area contributed by atoms with Crippen molar-refractivity contribution in [2.24, 2.45) is 5.92 Å². The lowest BCUT2D eigenvalue weighted by Crippen LogP contribution is -2.34. The Bertz CT molecular complexity index is 714. The molecule has 0 unspecified atom stereocenters. The van der Waals surface area contributed by atoms with Crippen molar-refractivity contribution in [3.05, 3.63) is 59.3 Å². The van der Waals surface area contributed by atoms with Gasteiger partial charge in [0.15, 0.2) is 0 Å². The molecule has 1 aliphatic heterocycles. The summed E-state index contributed by atoms with van der Waals surface area (Å²) in [5, 5.41) is 0. The molecule has 0 bridgehead atoms. The van der Waals surface area contributed by atoms with E-state index in [0.29, 0.717) is 5.56 Å². The summed E-state index contributed by atoms with van der Waals surface area (Å²) in [6.45, 7) is 4.23. The zero-order valence-electron chi connectivity index (χ0n) is 16.1. The molecule has 1 aromatic heterocycles. The van der Waals surface area contributed by atoms with Crippen LogP contribution in [0.3, 0.4) is 0 Å². The number of hydrogen-bond acceptors (Lipinski definition) is 3. The Morgan fingerprint density at radius 2 is 1.81 bits per heavy atom. The molecule has 4 heteroatoms. The van der Waals surface area contributed by atoms with Crippen LogP contribution in [0.15, 0.2) is 42.6 Å². The molecule has 1 aromatic carbocycles. The SMILES string of the molecule is Cc1ccc(CCC2CCN(c3ccc(C(=O)N(C)C)cn3)CC2)cc1. The van der Waals surface area contributed by atoms with E-state index in [1.807, 2.05) is 12.1 Å². The number of benzene rings is 1. The van der Waals surface area contributed by atoms with Crippen molar-refractivity contribution < 1.29 is 4.79 Å². The molecular weight excluding hydrogens is 322 g/mol. The third-order valence-electron chi connectivity index (χ3n) is 5.30. The van der Waals surface area contributed by atoms with Crippen LogP contribution in [0, 0.1) is 12.8 Å². The quantitative estimate of drug-likeness (QED) is 0.819. The van der Waals surface area contributed by atoms with E-state index in [4.69, 9.17) is 0 Å². The largest absolute Gasteiger partial charge is 0.357 e. The van der Waals surface area contributed by atoms with Gasteiger partial charge < -0.3 is 9.80 Å². The first-order valence-corrected chi connectivity index (χ1v) is 9.51. The average Bonchev–Trinajstić information content (AvgIpc) is 2.67. The van der Waals surface area contributed by atoms with Gasteiger partial charge in [0, 0.05) is 33.4 Å². The van der Waals surface area contributed by atoms with Crippen molar-refractivity contribution in [2.45, 2.75) is 32.6 Å². The van der Waals surface area contributed by atoms with Gasteiger partial charge in [-0.2, -0.15) is 0 Å². The fraction of sp³-hybridized carbons (Fsp3) is 0.455. The highest BCUT2D eigenvalue weighted by atomic mass is 16.2. The number of carbonyl (C=O) groups excluding carboxylic acids is 1. The van der Waals surface area contributed by atoms with Gasteiger partial charge in [0.2, 0.25) is 0 Å². The van der Waals surface area contributed by atoms with E-state index in [0.717, 1.165) is 24.8 Å². The first-order chi connectivity index (χ1) is 12.5. The minimum atomic E-state index is -0.00105. The average molecular weight is 351 g/mol. The van der Waals surface area contributed by atoms with Crippen molar-refractivity contribution >= 4 is 11.7 Å². The van der Waals surface area contributed by atoms with Gasteiger partial charge in [0.05, 0.1) is 5.56 Å². The fourth-order valence-electron chi connectivity index (χ4n) is 3.53. The summed E-state index contributed by atoms with van der Waals surface area (Å²) in [6.07, 6.45) is 6.56. The zero-order valence-corrected chi connectivity index (χ0v) is 16.1. The van der Waals surface area contributed by atoms with Crippen LogP contribution in [0.5, 0.6) is 0 Å². The standard InChI is InChI=1S/C22H29N3O/c1-17-4-6-18(7-5-17)8-9-19-12-14-25(15-13-19)21-11-10-20(16-23-21)22(26)24(2)3/h4-7,10-11,16,19H,8-9,12-15H2,1-3H3. The highest BCUT2D eigenvalue weighted by molar-refractivity contribution is 5.93. The van der Waals surface area contributed by atoms with Gasteiger partial charge >= 0.3 is 0 Å². The van der Waals surface area contributed by atoms with Crippen molar-refractivity contribution in [1.29, 1.82) is 0 Å². The van der Waals surface area contributed by atoms with Gasteiger partial charge in [-0.3, -0.25) is 4.79 Å². The predicted molar refractivity (Wildman–Crippen MR) is 107 cm³/mol. The van der Waals surface area contributed by atoms with E-state index < -0.39 is 0 Å². The Morgan fingerprint density at radius 1 is 1.12 bits per heavy atom. The number of nitrogens with zero attached hydrogens (tertiary/aromatic N) is 3. The summed E-state index contributed by atoms with van der Waals surface area (Å²) in [5.41, 5.74) is 3.42. The van der Waals surface area contributed by atoms with Gasteiger partial charge in [-0.1, -0.05) is 29.8 Å². The lowest BCUT2D eigenvalue weighted by atomic mass is 9.90. The molecule has 26 heavy (non-hydrogen) atoms. The molecule has 0 aliphatic carbocycles. The van der Waals surface area contributed by atoms with Crippen molar-refractivity contribution in [3.8, 4) is 0 Å². The summed E-state index contributed by atoms with van der Waals surface area (Å²) >= 11 is 0. The lowest BCUT2D eigenvalue weighted by Gasteiger charge is -2.33. The van der Waals surface area contributed by atoms with Gasteiger partial charge in [-0.25, -0.2) is 4.98 Å². The van der Waals surface area contributed by atoms with Crippen molar-refractivity contribution in [2.75, 3.05) is 32.1 Å². The molecule has 0 saturated carbocycles. The predicted octanol–water partition coefficient (Wildman–Crippen LogP) is 3.94. The summed E-state index contributed by atoms with van der Waals surface area (Å²) < 4.78 is 0.